The van der Waals surface area contributed by atoms with Gasteiger partial charge < -0.3 is 4.90 Å². The van der Waals surface area contributed by atoms with Gasteiger partial charge in [0.1, 0.15) is 5.82 Å². The van der Waals surface area contributed by atoms with Gasteiger partial charge in [0.15, 0.2) is 0 Å². The van der Waals surface area contributed by atoms with Gasteiger partial charge in [-0.2, -0.15) is 5.26 Å². The second-order valence-corrected chi connectivity index (χ2v) is 5.77. The molecule has 1 heterocycles. The highest BCUT2D eigenvalue weighted by molar-refractivity contribution is 5.84. The zero-order valence-electron chi connectivity index (χ0n) is 13.1. The first-order valence-electron chi connectivity index (χ1n) is 7.77. The maximum atomic E-state index is 14.4. The molecule has 0 saturated carbocycles. The Morgan fingerprint density at radius 1 is 1.17 bits per heavy atom. The van der Waals surface area contributed by atoms with Crippen LogP contribution in [0.15, 0.2) is 41.4 Å². The standard InChI is InChI=1S/C19H18FN3/c1-14-10-19(23-8-2-3-9-23)18(20)11-16(14)13-22-17-6-4-15(12-21)5-7-17/h4-7,10-11,13H,2-3,8-9H2,1H3. The third-order valence-corrected chi connectivity index (χ3v) is 4.13. The number of anilines is 1. The van der Waals surface area contributed by atoms with Crippen LogP contribution in [-0.2, 0) is 0 Å². The van der Waals surface area contributed by atoms with Crippen LogP contribution in [0.3, 0.4) is 0 Å². The molecule has 2 aromatic carbocycles. The Labute approximate surface area is 135 Å². The van der Waals surface area contributed by atoms with Crippen LogP contribution in [0.4, 0.5) is 15.8 Å². The van der Waals surface area contributed by atoms with Crippen molar-refractivity contribution >= 4 is 17.6 Å². The molecule has 0 spiro atoms. The first-order chi connectivity index (χ1) is 11.2. The zero-order valence-corrected chi connectivity index (χ0v) is 13.1. The molecule has 2 aromatic rings. The van der Waals surface area contributed by atoms with Gasteiger partial charge in [0, 0.05) is 19.3 Å². The Hall–Kier alpha value is -2.67. The first kappa shape index (κ1) is 15.2. The van der Waals surface area contributed by atoms with Crippen molar-refractivity contribution in [3.8, 4) is 6.07 Å². The van der Waals surface area contributed by atoms with E-state index >= 15 is 0 Å². The van der Waals surface area contributed by atoms with Gasteiger partial charge in [0.05, 0.1) is 23.0 Å². The average Bonchev–Trinajstić information content (AvgIpc) is 3.10. The molecule has 0 atom stereocenters. The lowest BCUT2D eigenvalue weighted by molar-refractivity contribution is 0.622. The molecule has 1 aliphatic heterocycles. The summed E-state index contributed by atoms with van der Waals surface area (Å²) in [4.78, 5) is 6.47. The van der Waals surface area contributed by atoms with Crippen molar-refractivity contribution in [2.24, 2.45) is 4.99 Å². The number of aliphatic imine (C=N–C) groups is 1. The Bertz CT molecular complexity index is 766. The highest BCUT2D eigenvalue weighted by atomic mass is 19.1. The topological polar surface area (TPSA) is 39.4 Å². The van der Waals surface area contributed by atoms with E-state index < -0.39 is 0 Å². The molecule has 0 N–H and O–H groups in total. The van der Waals surface area contributed by atoms with Crippen LogP contribution in [-0.4, -0.2) is 19.3 Å². The van der Waals surface area contributed by atoms with Gasteiger partial charge in [-0.3, -0.25) is 4.99 Å². The van der Waals surface area contributed by atoms with Crippen molar-refractivity contribution in [1.29, 1.82) is 5.26 Å². The summed E-state index contributed by atoms with van der Waals surface area (Å²) in [5, 5.41) is 8.79. The Morgan fingerprint density at radius 3 is 2.52 bits per heavy atom. The van der Waals surface area contributed by atoms with Crippen LogP contribution in [0.1, 0.15) is 29.5 Å². The molecular weight excluding hydrogens is 289 g/mol. The van der Waals surface area contributed by atoms with Crippen molar-refractivity contribution in [2.45, 2.75) is 19.8 Å². The molecular formula is C19H18FN3. The minimum absolute atomic E-state index is 0.196. The zero-order chi connectivity index (χ0) is 16.2. The van der Waals surface area contributed by atoms with Gasteiger partial charge in [-0.15, -0.1) is 0 Å². The summed E-state index contributed by atoms with van der Waals surface area (Å²) in [5.41, 5.74) is 3.81. The van der Waals surface area contributed by atoms with E-state index in [-0.39, 0.29) is 5.82 Å². The van der Waals surface area contributed by atoms with Crippen LogP contribution in [0.5, 0.6) is 0 Å². The number of hydrogen-bond acceptors (Lipinski definition) is 3. The summed E-state index contributed by atoms with van der Waals surface area (Å²) in [5.74, 6) is -0.196. The fourth-order valence-electron chi connectivity index (χ4n) is 2.79. The molecule has 0 aliphatic carbocycles. The SMILES string of the molecule is Cc1cc(N2CCCC2)c(F)cc1C=Nc1ccc(C#N)cc1. The van der Waals surface area contributed by atoms with Crippen LogP contribution in [0, 0.1) is 24.1 Å². The normalized spacial score (nSPS) is 14.4. The summed E-state index contributed by atoms with van der Waals surface area (Å²) < 4.78 is 14.4. The number of nitrogens with zero attached hydrogens (tertiary/aromatic N) is 3. The monoisotopic (exact) mass is 307 g/mol. The molecule has 0 bridgehead atoms. The van der Waals surface area contributed by atoms with Gasteiger partial charge in [-0.05, 0) is 67.3 Å². The molecule has 116 valence electrons. The van der Waals surface area contributed by atoms with E-state index in [1.54, 1.807) is 36.5 Å². The van der Waals surface area contributed by atoms with Gasteiger partial charge in [-0.1, -0.05) is 0 Å². The minimum atomic E-state index is -0.196. The molecule has 0 radical (unpaired) electrons. The smallest absolute Gasteiger partial charge is 0.147 e. The number of hydrogen-bond donors (Lipinski definition) is 0. The van der Waals surface area contributed by atoms with Crippen LogP contribution in [0.25, 0.3) is 0 Å². The van der Waals surface area contributed by atoms with E-state index in [9.17, 15) is 4.39 Å². The van der Waals surface area contributed by atoms with Gasteiger partial charge in [0.25, 0.3) is 0 Å². The molecule has 3 nitrogen and oxygen atoms in total. The van der Waals surface area contributed by atoms with Gasteiger partial charge >= 0.3 is 0 Å². The third-order valence-electron chi connectivity index (χ3n) is 4.13. The number of nitriles is 1. The second-order valence-electron chi connectivity index (χ2n) is 5.77. The van der Waals surface area contributed by atoms with Crippen molar-refractivity contribution in [3.05, 3.63) is 58.9 Å². The Balaban J connectivity index is 1.83. The van der Waals surface area contributed by atoms with Crippen molar-refractivity contribution in [3.63, 3.8) is 0 Å². The van der Waals surface area contributed by atoms with E-state index in [4.69, 9.17) is 5.26 Å². The molecule has 1 aliphatic rings. The summed E-state index contributed by atoms with van der Waals surface area (Å²) in [6, 6.07) is 12.5. The van der Waals surface area contributed by atoms with E-state index in [1.165, 1.54) is 0 Å². The molecule has 1 saturated heterocycles. The van der Waals surface area contributed by atoms with E-state index in [1.807, 2.05) is 13.0 Å². The fourth-order valence-corrected chi connectivity index (χ4v) is 2.79. The van der Waals surface area contributed by atoms with Crippen molar-refractivity contribution in [2.75, 3.05) is 18.0 Å². The van der Waals surface area contributed by atoms with Gasteiger partial charge in [0.2, 0.25) is 0 Å². The molecule has 3 rings (SSSR count). The number of halogens is 1. The Morgan fingerprint density at radius 2 is 1.87 bits per heavy atom. The summed E-state index contributed by atoms with van der Waals surface area (Å²) >= 11 is 0. The predicted molar refractivity (Wildman–Crippen MR) is 91.0 cm³/mol. The fraction of sp³-hybridized carbons (Fsp3) is 0.263. The van der Waals surface area contributed by atoms with Crippen LogP contribution >= 0.6 is 0 Å². The molecule has 1 fully saturated rings. The Kier molecular flexibility index (Phi) is 4.38. The molecule has 23 heavy (non-hydrogen) atoms. The highest BCUT2D eigenvalue weighted by Gasteiger charge is 2.17. The lowest BCUT2D eigenvalue weighted by Crippen LogP contribution is -2.19. The van der Waals surface area contributed by atoms with E-state index in [0.29, 0.717) is 11.3 Å². The predicted octanol–water partition coefficient (Wildman–Crippen LogP) is 4.36. The minimum Gasteiger partial charge on any atom is -0.369 e. The summed E-state index contributed by atoms with van der Waals surface area (Å²) in [7, 11) is 0. The van der Waals surface area contributed by atoms with E-state index in [0.717, 1.165) is 42.7 Å². The second kappa shape index (κ2) is 6.62. The number of aryl methyl sites for hydroxylation is 1. The summed E-state index contributed by atoms with van der Waals surface area (Å²) in [6.07, 6.45) is 3.92. The van der Waals surface area contributed by atoms with Crippen molar-refractivity contribution < 1.29 is 4.39 Å². The van der Waals surface area contributed by atoms with Crippen LogP contribution < -0.4 is 4.90 Å². The van der Waals surface area contributed by atoms with Crippen molar-refractivity contribution in [1.82, 2.24) is 0 Å². The molecule has 0 unspecified atom stereocenters. The molecule has 0 amide bonds. The largest absolute Gasteiger partial charge is 0.369 e. The highest BCUT2D eigenvalue weighted by Crippen LogP contribution is 2.26. The number of benzene rings is 2. The third kappa shape index (κ3) is 3.40. The molecule has 4 heteroatoms. The summed E-state index contributed by atoms with van der Waals surface area (Å²) in [6.45, 7) is 3.82. The average molecular weight is 307 g/mol. The maximum Gasteiger partial charge on any atom is 0.147 e. The quantitative estimate of drug-likeness (QED) is 0.791. The number of rotatable bonds is 3. The lowest BCUT2D eigenvalue weighted by Gasteiger charge is -2.19. The lowest BCUT2D eigenvalue weighted by atomic mass is 10.1. The first-order valence-corrected chi connectivity index (χ1v) is 7.77. The van der Waals surface area contributed by atoms with Gasteiger partial charge in [-0.25, -0.2) is 4.39 Å². The molecule has 0 aromatic heterocycles. The van der Waals surface area contributed by atoms with E-state index in [2.05, 4.69) is 16.0 Å². The van der Waals surface area contributed by atoms with Crippen LogP contribution in [0.2, 0.25) is 0 Å². The maximum absolute atomic E-state index is 14.4.